The molecule has 0 spiro atoms. The molecule has 0 aliphatic rings. The summed E-state index contributed by atoms with van der Waals surface area (Å²) < 4.78 is 23.1. The maximum Gasteiger partial charge on any atom is 0.266 e. The predicted molar refractivity (Wildman–Crippen MR) is 71.4 cm³/mol. The summed E-state index contributed by atoms with van der Waals surface area (Å²) in [6.07, 6.45) is -0.824. The van der Waals surface area contributed by atoms with E-state index in [1.165, 1.54) is 12.1 Å². The fourth-order valence-corrected chi connectivity index (χ4v) is 1.68. The quantitative estimate of drug-likeness (QED) is 0.941. The molecule has 1 amide bonds. The first kappa shape index (κ1) is 14.3. The Hall–Kier alpha value is -2.08. The number of halogens is 2. The van der Waals surface area contributed by atoms with Gasteiger partial charge >= 0.3 is 0 Å². The summed E-state index contributed by atoms with van der Waals surface area (Å²) in [5.74, 6) is 0.215. The molecule has 0 aliphatic carbocycles. The van der Waals surface area contributed by atoms with Gasteiger partial charge in [0.25, 0.3) is 5.91 Å². The number of aromatic nitrogens is 1. The number of nitrogens with zero attached hydrogens (tertiary/aromatic N) is 1. The first-order valence-corrected chi connectivity index (χ1v) is 6.19. The second-order valence-electron chi connectivity index (χ2n) is 4.15. The zero-order valence-electron chi connectivity index (χ0n) is 10.8. The minimum absolute atomic E-state index is 0.0990. The van der Waals surface area contributed by atoms with E-state index in [4.69, 9.17) is 20.9 Å². The van der Waals surface area contributed by atoms with Gasteiger partial charge in [-0.05, 0) is 32.0 Å². The number of benzene rings is 1. The minimum atomic E-state index is -0.824. The van der Waals surface area contributed by atoms with Crippen molar-refractivity contribution in [2.24, 2.45) is 0 Å². The number of rotatable bonds is 4. The van der Waals surface area contributed by atoms with Crippen molar-refractivity contribution >= 4 is 23.3 Å². The van der Waals surface area contributed by atoms with E-state index in [9.17, 15) is 9.18 Å². The number of carbonyl (C=O) groups is 1. The van der Waals surface area contributed by atoms with Gasteiger partial charge in [-0.25, -0.2) is 4.39 Å². The molecule has 0 saturated carbocycles. The van der Waals surface area contributed by atoms with Crippen LogP contribution in [-0.4, -0.2) is 17.2 Å². The van der Waals surface area contributed by atoms with Crippen molar-refractivity contribution in [1.29, 1.82) is 0 Å². The third-order valence-corrected chi connectivity index (χ3v) is 2.74. The van der Waals surface area contributed by atoms with Gasteiger partial charge in [0.05, 0.1) is 5.02 Å². The van der Waals surface area contributed by atoms with Crippen molar-refractivity contribution in [3.8, 4) is 5.75 Å². The molecule has 5 nitrogen and oxygen atoms in total. The molecule has 1 heterocycles. The molecule has 7 heteroatoms. The lowest BCUT2D eigenvalue weighted by molar-refractivity contribution is -0.122. The summed E-state index contributed by atoms with van der Waals surface area (Å²) in [5.41, 5.74) is 0. The van der Waals surface area contributed by atoms with Crippen LogP contribution in [0.1, 0.15) is 12.7 Å². The van der Waals surface area contributed by atoms with Crippen molar-refractivity contribution in [1.82, 2.24) is 5.16 Å². The fraction of sp³-hybridized carbons (Fsp3) is 0.231. The number of ether oxygens (including phenoxy) is 1. The van der Waals surface area contributed by atoms with E-state index < -0.39 is 17.8 Å². The largest absolute Gasteiger partial charge is 0.479 e. The maximum atomic E-state index is 12.9. The van der Waals surface area contributed by atoms with Crippen molar-refractivity contribution in [3.63, 3.8) is 0 Å². The summed E-state index contributed by atoms with van der Waals surface area (Å²) in [4.78, 5) is 11.9. The van der Waals surface area contributed by atoms with Gasteiger partial charge in [0.1, 0.15) is 17.3 Å². The van der Waals surface area contributed by atoms with E-state index in [2.05, 4.69) is 10.5 Å². The molecule has 2 rings (SSSR count). The topological polar surface area (TPSA) is 64.4 Å². The number of anilines is 1. The van der Waals surface area contributed by atoms with E-state index in [0.717, 1.165) is 6.07 Å². The molecular weight excluding hydrogens is 287 g/mol. The van der Waals surface area contributed by atoms with E-state index in [1.807, 2.05) is 0 Å². The molecule has 0 fully saturated rings. The molecule has 1 N–H and O–H groups in total. The molecule has 1 unspecified atom stereocenters. The third kappa shape index (κ3) is 3.48. The Bertz CT molecular complexity index is 630. The normalized spacial score (nSPS) is 12.0. The summed E-state index contributed by atoms with van der Waals surface area (Å²) in [6.45, 7) is 3.25. The van der Waals surface area contributed by atoms with E-state index in [-0.39, 0.29) is 10.8 Å². The highest BCUT2D eigenvalue weighted by Crippen LogP contribution is 2.26. The van der Waals surface area contributed by atoms with E-state index >= 15 is 0 Å². The van der Waals surface area contributed by atoms with Crippen molar-refractivity contribution in [2.45, 2.75) is 20.0 Å². The van der Waals surface area contributed by atoms with Crippen molar-refractivity contribution in [3.05, 3.63) is 40.9 Å². The Kier molecular flexibility index (Phi) is 4.24. The van der Waals surface area contributed by atoms with Crippen LogP contribution < -0.4 is 10.1 Å². The number of carbonyl (C=O) groups excluding carboxylic acids is 1. The van der Waals surface area contributed by atoms with Gasteiger partial charge in [0.15, 0.2) is 11.9 Å². The summed E-state index contributed by atoms with van der Waals surface area (Å²) in [6, 6.07) is 5.26. The Morgan fingerprint density at radius 1 is 1.50 bits per heavy atom. The molecule has 0 bridgehead atoms. The van der Waals surface area contributed by atoms with Crippen molar-refractivity contribution < 1.29 is 18.4 Å². The maximum absolute atomic E-state index is 12.9. The zero-order valence-corrected chi connectivity index (χ0v) is 11.6. The second kappa shape index (κ2) is 5.92. The lowest BCUT2D eigenvalue weighted by atomic mass is 10.3. The van der Waals surface area contributed by atoms with Crippen LogP contribution in [0.5, 0.6) is 5.75 Å². The Balaban J connectivity index is 2.00. The van der Waals surface area contributed by atoms with Gasteiger partial charge in [-0.3, -0.25) is 4.79 Å². The molecule has 0 aliphatic heterocycles. The molecule has 106 valence electrons. The first-order valence-electron chi connectivity index (χ1n) is 5.81. The highest BCUT2D eigenvalue weighted by molar-refractivity contribution is 6.32. The predicted octanol–water partition coefficient (Wildman–Crippen LogP) is 3.18. The zero-order chi connectivity index (χ0) is 14.7. The monoisotopic (exact) mass is 298 g/mol. The van der Waals surface area contributed by atoms with Gasteiger partial charge in [-0.2, -0.15) is 0 Å². The average molecular weight is 299 g/mol. The van der Waals surface area contributed by atoms with Crippen LogP contribution in [0.4, 0.5) is 10.2 Å². The SMILES string of the molecule is Cc1cc(NC(=O)C(C)Oc2ccc(F)cc2Cl)no1. The van der Waals surface area contributed by atoms with Crippen LogP contribution in [0.3, 0.4) is 0 Å². The van der Waals surface area contributed by atoms with Gasteiger partial charge in [0.2, 0.25) is 0 Å². The highest BCUT2D eigenvalue weighted by atomic mass is 35.5. The van der Waals surface area contributed by atoms with Gasteiger partial charge in [-0.1, -0.05) is 16.8 Å². The number of aryl methyl sites for hydroxylation is 1. The lowest BCUT2D eigenvalue weighted by Gasteiger charge is -2.14. The molecule has 0 radical (unpaired) electrons. The molecule has 0 saturated heterocycles. The average Bonchev–Trinajstić information content (AvgIpc) is 2.78. The first-order chi connectivity index (χ1) is 9.45. The second-order valence-corrected chi connectivity index (χ2v) is 4.55. The highest BCUT2D eigenvalue weighted by Gasteiger charge is 2.17. The Morgan fingerprint density at radius 3 is 2.85 bits per heavy atom. The third-order valence-electron chi connectivity index (χ3n) is 2.45. The molecule has 2 aromatic rings. The van der Waals surface area contributed by atoms with Crippen LogP contribution in [-0.2, 0) is 4.79 Å². The van der Waals surface area contributed by atoms with Crippen molar-refractivity contribution in [2.75, 3.05) is 5.32 Å². The van der Waals surface area contributed by atoms with Gasteiger partial charge in [0, 0.05) is 6.07 Å². The number of amides is 1. The van der Waals surface area contributed by atoms with Crippen LogP contribution in [0, 0.1) is 12.7 Å². The number of hydrogen-bond acceptors (Lipinski definition) is 4. The van der Waals surface area contributed by atoms with Gasteiger partial charge in [-0.15, -0.1) is 0 Å². The summed E-state index contributed by atoms with van der Waals surface area (Å²) >= 11 is 5.82. The van der Waals surface area contributed by atoms with Crippen LogP contribution in [0.15, 0.2) is 28.8 Å². The van der Waals surface area contributed by atoms with Crippen LogP contribution in [0.2, 0.25) is 5.02 Å². The Morgan fingerprint density at radius 2 is 2.25 bits per heavy atom. The van der Waals surface area contributed by atoms with Crippen LogP contribution in [0.25, 0.3) is 0 Å². The van der Waals surface area contributed by atoms with Gasteiger partial charge < -0.3 is 14.6 Å². The molecule has 1 aromatic heterocycles. The smallest absolute Gasteiger partial charge is 0.266 e. The summed E-state index contributed by atoms with van der Waals surface area (Å²) in [5, 5.41) is 6.26. The molecule has 1 atom stereocenters. The standard InChI is InChI=1S/C13H12ClFN2O3/c1-7-5-12(17-20-7)16-13(18)8(2)19-11-4-3-9(15)6-10(11)14/h3-6,8H,1-2H3,(H,16,17,18). The molecular formula is C13H12ClFN2O3. The van der Waals surface area contributed by atoms with E-state index in [0.29, 0.717) is 11.6 Å². The lowest BCUT2D eigenvalue weighted by Crippen LogP contribution is -2.30. The minimum Gasteiger partial charge on any atom is -0.479 e. The van der Waals surface area contributed by atoms with Crippen LogP contribution >= 0.6 is 11.6 Å². The molecule has 20 heavy (non-hydrogen) atoms. The Labute approximate surface area is 119 Å². The number of nitrogens with one attached hydrogen (secondary N) is 1. The van der Waals surface area contributed by atoms with E-state index in [1.54, 1.807) is 19.9 Å². The number of hydrogen-bond donors (Lipinski definition) is 1. The fourth-order valence-electron chi connectivity index (χ4n) is 1.47. The molecule has 1 aromatic carbocycles. The summed E-state index contributed by atoms with van der Waals surface area (Å²) in [7, 11) is 0.